The summed E-state index contributed by atoms with van der Waals surface area (Å²) < 4.78 is 0. The van der Waals surface area contributed by atoms with Crippen molar-refractivity contribution in [3.63, 3.8) is 0 Å². The minimum Gasteiger partial charge on any atom is -0.386 e. The molecule has 0 saturated heterocycles. The van der Waals surface area contributed by atoms with Gasteiger partial charge >= 0.3 is 0 Å². The number of hydrogen-bond acceptors (Lipinski definition) is 6. The van der Waals surface area contributed by atoms with E-state index in [0.717, 1.165) is 24.0 Å². The number of benzene rings is 3. The van der Waals surface area contributed by atoms with Crippen LogP contribution in [-0.2, 0) is 14.4 Å². The summed E-state index contributed by atoms with van der Waals surface area (Å²) in [7, 11) is 0. The molecule has 0 unspecified atom stereocenters. The predicted molar refractivity (Wildman–Crippen MR) is 192 cm³/mol. The Balaban J connectivity index is 1.57. The van der Waals surface area contributed by atoms with Gasteiger partial charge < -0.3 is 32.3 Å². The average molecular weight is 667 g/mol. The number of hydrogen-bond donors (Lipinski definition) is 6. The first-order chi connectivity index (χ1) is 23.6. The molecule has 3 aromatic carbocycles. The largest absolute Gasteiger partial charge is 0.386 e. The monoisotopic (exact) mass is 666 g/mol. The Labute approximate surface area is 289 Å². The Kier molecular flexibility index (Phi) is 13.0. The smallest absolute Gasteiger partial charge is 0.252 e. The number of carbonyl (C=O) groups excluding carboxylic acids is 4. The van der Waals surface area contributed by atoms with Gasteiger partial charge in [-0.2, -0.15) is 0 Å². The normalized spacial score (nSPS) is 14.3. The second-order valence-corrected chi connectivity index (χ2v) is 12.7. The second-order valence-electron chi connectivity index (χ2n) is 12.7. The van der Waals surface area contributed by atoms with Crippen molar-refractivity contribution >= 4 is 23.6 Å². The third-order valence-corrected chi connectivity index (χ3v) is 9.47. The van der Waals surface area contributed by atoms with Crippen molar-refractivity contribution in [3.05, 3.63) is 120 Å². The molecular formula is C39H50N6O4. The summed E-state index contributed by atoms with van der Waals surface area (Å²) in [6, 6.07) is 26.8. The van der Waals surface area contributed by atoms with E-state index in [9.17, 15) is 19.2 Å². The van der Waals surface area contributed by atoms with E-state index in [1.165, 1.54) is 0 Å². The lowest BCUT2D eigenvalue weighted by atomic mass is 9.90. The van der Waals surface area contributed by atoms with Crippen molar-refractivity contribution in [1.29, 1.82) is 0 Å². The van der Waals surface area contributed by atoms with E-state index in [-0.39, 0.29) is 18.2 Å². The van der Waals surface area contributed by atoms with Crippen LogP contribution in [0.3, 0.4) is 0 Å². The predicted octanol–water partition coefficient (Wildman–Crippen LogP) is 4.59. The molecule has 0 bridgehead atoms. The van der Waals surface area contributed by atoms with Gasteiger partial charge in [0.15, 0.2) is 0 Å². The molecular weight excluding hydrogens is 616 g/mol. The van der Waals surface area contributed by atoms with E-state index >= 15 is 0 Å². The van der Waals surface area contributed by atoms with Gasteiger partial charge in [-0.25, -0.2) is 0 Å². The Bertz CT molecular complexity index is 1510. The molecule has 0 aliphatic heterocycles. The van der Waals surface area contributed by atoms with E-state index in [1.54, 1.807) is 24.3 Å². The highest BCUT2D eigenvalue weighted by atomic mass is 16.2. The highest BCUT2D eigenvalue weighted by Crippen LogP contribution is 2.32. The molecule has 1 saturated carbocycles. The van der Waals surface area contributed by atoms with Crippen molar-refractivity contribution in [1.82, 2.24) is 26.6 Å². The molecule has 0 aromatic heterocycles. The number of carbonyl (C=O) groups is 4. The summed E-state index contributed by atoms with van der Waals surface area (Å²) in [5.41, 5.74) is 5.56. The second kappa shape index (κ2) is 17.3. The third-order valence-electron chi connectivity index (χ3n) is 9.47. The van der Waals surface area contributed by atoms with Gasteiger partial charge in [0, 0.05) is 12.1 Å². The van der Waals surface area contributed by atoms with Crippen LogP contribution in [0.4, 0.5) is 0 Å². The van der Waals surface area contributed by atoms with E-state index in [2.05, 4.69) is 33.2 Å². The minimum absolute atomic E-state index is 0.266. The zero-order valence-corrected chi connectivity index (χ0v) is 28.6. The maximum atomic E-state index is 14.3. The molecule has 4 rings (SSSR count). The fourth-order valence-corrected chi connectivity index (χ4v) is 6.43. The van der Waals surface area contributed by atoms with Crippen LogP contribution in [-0.4, -0.2) is 47.3 Å². The van der Waals surface area contributed by atoms with E-state index in [1.807, 2.05) is 80.6 Å². The Hall–Kier alpha value is -5.12. The molecule has 3 aromatic rings. The van der Waals surface area contributed by atoms with Gasteiger partial charge in [0.2, 0.25) is 17.7 Å². The molecule has 260 valence electrons. The Morgan fingerprint density at radius 3 is 1.86 bits per heavy atom. The first kappa shape index (κ1) is 36.7. The summed E-state index contributed by atoms with van der Waals surface area (Å²) >= 11 is 0. The summed E-state index contributed by atoms with van der Waals surface area (Å²) in [5, 5.41) is 15.2. The summed E-state index contributed by atoms with van der Waals surface area (Å²) in [5.74, 6) is -1.26. The lowest BCUT2D eigenvalue weighted by Crippen LogP contribution is -2.64. The Morgan fingerprint density at radius 1 is 0.816 bits per heavy atom. The van der Waals surface area contributed by atoms with E-state index in [0.29, 0.717) is 50.0 Å². The summed E-state index contributed by atoms with van der Waals surface area (Å²) in [6.07, 6.45) is 3.85. The zero-order chi connectivity index (χ0) is 35.3. The Morgan fingerprint density at radius 2 is 1.35 bits per heavy atom. The van der Waals surface area contributed by atoms with Crippen LogP contribution in [0.5, 0.6) is 0 Å². The van der Waals surface area contributed by atoms with Gasteiger partial charge in [-0.15, -0.1) is 0 Å². The summed E-state index contributed by atoms with van der Waals surface area (Å²) in [6.45, 7) is 7.75. The lowest BCUT2D eigenvalue weighted by molar-refractivity contribution is -0.137. The molecule has 7 N–H and O–H groups in total. The van der Waals surface area contributed by atoms with Gasteiger partial charge in [-0.05, 0) is 61.8 Å². The molecule has 10 heteroatoms. The van der Waals surface area contributed by atoms with Crippen LogP contribution >= 0.6 is 0 Å². The van der Waals surface area contributed by atoms with Crippen LogP contribution in [0, 0.1) is 0 Å². The number of nitrogens with two attached hydrogens (primary N) is 1. The highest BCUT2D eigenvalue weighted by molar-refractivity contribution is 6.01. The van der Waals surface area contributed by atoms with Gasteiger partial charge in [0.1, 0.15) is 17.1 Å². The molecule has 49 heavy (non-hydrogen) atoms. The molecule has 1 fully saturated rings. The molecule has 0 spiro atoms. The van der Waals surface area contributed by atoms with Crippen molar-refractivity contribution in [2.75, 3.05) is 6.54 Å². The van der Waals surface area contributed by atoms with Gasteiger partial charge in [0.25, 0.3) is 5.91 Å². The fourth-order valence-electron chi connectivity index (χ4n) is 6.43. The molecule has 4 amide bonds. The van der Waals surface area contributed by atoms with Gasteiger partial charge in [-0.3, -0.25) is 19.2 Å². The van der Waals surface area contributed by atoms with E-state index < -0.39 is 35.0 Å². The van der Waals surface area contributed by atoms with Crippen LogP contribution in [0.15, 0.2) is 103 Å². The number of rotatable bonds is 17. The highest BCUT2D eigenvalue weighted by Gasteiger charge is 2.45. The molecule has 0 heterocycles. The average Bonchev–Trinajstić information content (AvgIpc) is 3.61. The van der Waals surface area contributed by atoms with Crippen molar-refractivity contribution < 1.29 is 19.2 Å². The number of nitrogens with one attached hydrogen (secondary N) is 5. The first-order valence-corrected chi connectivity index (χ1v) is 17.2. The lowest BCUT2D eigenvalue weighted by Gasteiger charge is -2.35. The van der Waals surface area contributed by atoms with E-state index in [4.69, 9.17) is 5.73 Å². The SMILES string of the molecule is C=C(N)NCCC[C@@H](NC(=O)C(CC)(CC)NC(=O)c1ccccc1)C(=O)NC1(C(=O)NC(c2ccccc2)c2ccccc2)CCCC1. The van der Waals surface area contributed by atoms with Crippen LogP contribution < -0.4 is 32.3 Å². The van der Waals surface area contributed by atoms with Crippen LogP contribution in [0.25, 0.3) is 0 Å². The first-order valence-electron chi connectivity index (χ1n) is 17.2. The van der Waals surface area contributed by atoms with Crippen molar-refractivity contribution in [2.45, 2.75) is 88.4 Å². The maximum absolute atomic E-state index is 14.3. The van der Waals surface area contributed by atoms with Crippen molar-refractivity contribution in [2.24, 2.45) is 5.73 Å². The quantitative estimate of drug-likeness (QED) is 0.116. The third kappa shape index (κ3) is 9.49. The minimum atomic E-state index is -1.25. The molecule has 0 radical (unpaired) electrons. The maximum Gasteiger partial charge on any atom is 0.252 e. The van der Waals surface area contributed by atoms with Gasteiger partial charge in [-0.1, -0.05) is 112 Å². The topological polar surface area (TPSA) is 154 Å². The number of amides is 4. The summed E-state index contributed by atoms with van der Waals surface area (Å²) in [4.78, 5) is 55.6. The fraction of sp³-hybridized carbons (Fsp3) is 0.385. The molecule has 1 aliphatic carbocycles. The van der Waals surface area contributed by atoms with Crippen LogP contribution in [0.2, 0.25) is 0 Å². The van der Waals surface area contributed by atoms with Gasteiger partial charge in [0.05, 0.1) is 11.9 Å². The van der Waals surface area contributed by atoms with Crippen LogP contribution in [0.1, 0.15) is 92.7 Å². The molecule has 1 aliphatic rings. The molecule has 1 atom stereocenters. The molecule has 10 nitrogen and oxygen atoms in total. The standard InChI is InChI=1S/C39H50N6O4/c1-4-38(5-2,44-34(46)31-22-13-8-14-23-31)36(48)42-32(24-17-27-41-28(3)40)35(47)45-39(25-15-16-26-39)37(49)43-33(29-18-9-6-10-19-29)30-20-11-7-12-21-30/h6-14,18-23,32-33,41H,3-5,15-17,24-27,40H2,1-2H3,(H,42,48)(H,43,49)(H,44,46)(H,45,47)/t32-/m1/s1. The zero-order valence-electron chi connectivity index (χ0n) is 28.6. The van der Waals surface area contributed by atoms with Crippen molar-refractivity contribution in [3.8, 4) is 0 Å².